The van der Waals surface area contributed by atoms with Gasteiger partial charge in [0.1, 0.15) is 0 Å². The standard InChI is InChI=1S/C13H13P.2C5H5.C2H5.F6P.W/c1-14(12-8-4-2-5-9-12)13-10-6-3-7-11-13;2*1-2-4-5-3-1;1-2;1-7(2,3,4,5)6;/h2-11H,1H3;2*1-5H;1H2,2H3;;/q;;;2*-1;+2. The van der Waals surface area contributed by atoms with Crippen LogP contribution in [0.3, 0.4) is 0 Å². The summed E-state index contributed by atoms with van der Waals surface area (Å²) in [6, 6.07) is 21.4. The van der Waals surface area contributed by atoms with Gasteiger partial charge in [-0.25, -0.2) is 0 Å². The van der Waals surface area contributed by atoms with E-state index in [1.807, 2.05) is 64.2 Å². The summed E-state index contributed by atoms with van der Waals surface area (Å²) < 4.78 is 59.2. The first-order chi connectivity index (χ1) is 15.3. The van der Waals surface area contributed by atoms with Crippen LogP contribution in [0.2, 0.25) is 0 Å². The quantitative estimate of drug-likeness (QED) is 0.168. The van der Waals surface area contributed by atoms with Crippen molar-refractivity contribution in [1.82, 2.24) is 0 Å². The van der Waals surface area contributed by atoms with Crippen LogP contribution in [0.1, 0.15) is 6.92 Å². The van der Waals surface area contributed by atoms with Crippen LogP contribution in [0.5, 0.6) is 0 Å². The van der Waals surface area contributed by atoms with Crippen molar-refractivity contribution in [3.05, 3.63) is 132 Å². The van der Waals surface area contributed by atoms with Gasteiger partial charge in [0, 0.05) is 0 Å². The maximum absolute atomic E-state index is 10.7. The van der Waals surface area contributed by atoms with Crippen LogP contribution >= 0.6 is 15.7 Å². The Kier molecular flexibility index (Phi) is 18.0. The molecule has 2 saturated carbocycles. The average molecular weight is 688 g/mol. The Morgan fingerprint density at radius 2 is 0.676 bits per heavy atom. The molecule has 2 aromatic rings. The van der Waals surface area contributed by atoms with Gasteiger partial charge >= 0.3 is 54.1 Å². The van der Waals surface area contributed by atoms with Gasteiger partial charge in [-0.15, -0.1) is 0 Å². The van der Waals surface area contributed by atoms with E-state index in [2.05, 4.69) is 74.3 Å². The summed E-state index contributed by atoms with van der Waals surface area (Å²) in [6.07, 6.45) is 20.0. The van der Waals surface area contributed by atoms with Crippen molar-refractivity contribution in [3.8, 4) is 0 Å². The molecule has 2 aliphatic rings. The van der Waals surface area contributed by atoms with Gasteiger partial charge in [0.2, 0.25) is 0 Å². The molecule has 0 atom stereocenters. The summed E-state index contributed by atoms with van der Waals surface area (Å²) in [5.74, 6) is 0. The van der Waals surface area contributed by atoms with Crippen LogP contribution in [0, 0.1) is 71.1 Å². The molecular weight excluding hydrogens is 660 g/mol. The molecule has 9 heteroatoms. The molecule has 0 heterocycles. The second-order valence-corrected chi connectivity index (χ2v) is 10.2. The molecule has 0 amide bonds. The Labute approximate surface area is 217 Å². The van der Waals surface area contributed by atoms with E-state index in [0.717, 1.165) is 0 Å². The maximum Gasteiger partial charge on any atom is 2.00 e. The first-order valence-corrected chi connectivity index (χ1v) is 13.6. The monoisotopic (exact) mass is 688 g/mol. The summed E-state index contributed by atoms with van der Waals surface area (Å²) >= 11 is 0. The maximum atomic E-state index is 9.87. The molecule has 0 unspecified atom stereocenters. The van der Waals surface area contributed by atoms with E-state index in [-0.39, 0.29) is 29.0 Å². The minimum Gasteiger partial charge on any atom is -0.346 e. The van der Waals surface area contributed by atoms with Gasteiger partial charge in [-0.1, -0.05) is 60.7 Å². The summed E-state index contributed by atoms with van der Waals surface area (Å²) in [6.45, 7) is 7.31. The van der Waals surface area contributed by atoms with Crippen LogP contribution in [0.25, 0.3) is 0 Å². The molecule has 10 radical (unpaired) electrons. The van der Waals surface area contributed by atoms with E-state index >= 15 is 0 Å². The van der Waals surface area contributed by atoms with E-state index in [0.29, 0.717) is 0 Å². The zero-order valence-electron chi connectivity index (χ0n) is 18.8. The SMILES string of the molecule is CP(c1ccccc1)c1ccccc1.F[P-](F)(F)(F)(F)F.[CH2-]C.[CH]1[CH][CH][CH][CH]1.[CH]1[CH][CH][CH][CH]1.[W+2]. The zero-order valence-corrected chi connectivity index (χ0v) is 23.5. The van der Waals surface area contributed by atoms with Crippen molar-refractivity contribution in [1.29, 1.82) is 0 Å². The van der Waals surface area contributed by atoms with Crippen LogP contribution < -0.4 is 10.6 Å². The van der Waals surface area contributed by atoms with Crippen molar-refractivity contribution in [3.63, 3.8) is 0 Å². The fraction of sp³-hybridized carbons (Fsp3) is 0.0800. The molecule has 2 fully saturated rings. The molecule has 34 heavy (non-hydrogen) atoms. The predicted molar refractivity (Wildman–Crippen MR) is 133 cm³/mol. The second kappa shape index (κ2) is 17.1. The molecule has 0 nitrogen and oxygen atoms in total. The van der Waals surface area contributed by atoms with Crippen LogP contribution in [-0.4, -0.2) is 6.66 Å². The molecular formula is C25H28F6P2W. The van der Waals surface area contributed by atoms with E-state index in [4.69, 9.17) is 0 Å². The number of halogens is 6. The van der Waals surface area contributed by atoms with Gasteiger partial charge in [0.25, 0.3) is 0 Å². The fourth-order valence-corrected chi connectivity index (χ4v) is 3.63. The van der Waals surface area contributed by atoms with Crippen molar-refractivity contribution in [2.24, 2.45) is 0 Å². The molecule has 0 aliphatic heterocycles. The normalized spacial score (nSPS) is 16.3. The fourth-order valence-electron chi connectivity index (χ4n) is 2.09. The van der Waals surface area contributed by atoms with Crippen LogP contribution in [-0.2, 0) is 21.1 Å². The first-order valence-electron chi connectivity index (χ1n) is 9.77. The van der Waals surface area contributed by atoms with E-state index in [1.54, 1.807) is 6.92 Å². The Hall–Kier alpha value is -0.432. The molecule has 2 aliphatic carbocycles. The zero-order chi connectivity index (χ0) is 25.3. The largest absolute Gasteiger partial charge is 2.00 e. The second-order valence-electron chi connectivity index (χ2n) is 6.11. The van der Waals surface area contributed by atoms with Crippen molar-refractivity contribution >= 4 is 26.3 Å². The summed E-state index contributed by atoms with van der Waals surface area (Å²) in [5, 5.41) is 2.88. The number of benzene rings is 2. The van der Waals surface area contributed by atoms with Gasteiger partial charge in [-0.3, -0.25) is 0 Å². The van der Waals surface area contributed by atoms with E-state index in [1.165, 1.54) is 10.6 Å². The minimum atomic E-state index is -10.7. The molecule has 0 spiro atoms. The van der Waals surface area contributed by atoms with Gasteiger partial charge < -0.3 is 6.92 Å². The van der Waals surface area contributed by atoms with Crippen LogP contribution in [0.15, 0.2) is 60.7 Å². The molecule has 0 aromatic heterocycles. The minimum absolute atomic E-state index is 0. The van der Waals surface area contributed by atoms with Crippen molar-refractivity contribution < 1.29 is 46.2 Å². The predicted octanol–water partition coefficient (Wildman–Crippen LogP) is 9.01. The Morgan fingerprint density at radius 1 is 0.500 bits per heavy atom. The smallest absolute Gasteiger partial charge is 0.346 e. The average Bonchev–Trinajstić information content (AvgIpc) is 3.53. The number of hydrogen-bond acceptors (Lipinski definition) is 0. The third-order valence-electron chi connectivity index (χ3n) is 3.40. The van der Waals surface area contributed by atoms with Gasteiger partial charge in [-0.2, -0.15) is 6.92 Å². The first kappa shape index (κ1) is 35.7. The Morgan fingerprint density at radius 3 is 0.853 bits per heavy atom. The van der Waals surface area contributed by atoms with Crippen molar-refractivity contribution in [2.75, 3.05) is 6.66 Å². The Bertz CT molecular complexity index is 641. The topological polar surface area (TPSA) is 0 Å². The molecule has 0 bridgehead atoms. The van der Waals surface area contributed by atoms with Crippen LogP contribution in [0.4, 0.5) is 25.2 Å². The van der Waals surface area contributed by atoms with E-state index in [9.17, 15) is 25.2 Å². The molecule has 0 N–H and O–H groups in total. The van der Waals surface area contributed by atoms with E-state index < -0.39 is 7.81 Å². The third-order valence-corrected chi connectivity index (χ3v) is 5.54. The summed E-state index contributed by atoms with van der Waals surface area (Å²) in [7, 11) is -10.8. The summed E-state index contributed by atoms with van der Waals surface area (Å²) in [4.78, 5) is 0. The van der Waals surface area contributed by atoms with Gasteiger partial charge in [0.15, 0.2) is 0 Å². The number of hydrogen-bond donors (Lipinski definition) is 0. The molecule has 2 aromatic carbocycles. The van der Waals surface area contributed by atoms with Crippen molar-refractivity contribution in [2.45, 2.75) is 6.92 Å². The Balaban J connectivity index is 0. The van der Waals surface area contributed by atoms with Gasteiger partial charge in [0.05, 0.1) is 0 Å². The molecule has 4 rings (SSSR count). The number of rotatable bonds is 2. The molecule has 186 valence electrons. The van der Waals surface area contributed by atoms with Gasteiger partial charge in [-0.05, 0) is 89.4 Å². The summed E-state index contributed by atoms with van der Waals surface area (Å²) in [5.41, 5.74) is 0. The molecule has 0 saturated heterocycles. The third kappa shape index (κ3) is 26.2.